The lowest BCUT2D eigenvalue weighted by atomic mass is 9.81. The van der Waals surface area contributed by atoms with Gasteiger partial charge in [-0.2, -0.15) is 0 Å². The van der Waals surface area contributed by atoms with Crippen LogP contribution >= 0.6 is 0 Å². The van der Waals surface area contributed by atoms with Crippen molar-refractivity contribution in [2.24, 2.45) is 5.16 Å². The summed E-state index contributed by atoms with van der Waals surface area (Å²) in [5.41, 5.74) is 1.82. The lowest BCUT2D eigenvalue weighted by molar-refractivity contribution is -0.131. The van der Waals surface area contributed by atoms with Gasteiger partial charge in [-0.3, -0.25) is 0 Å². The number of ether oxygens (including phenoxy) is 1. The van der Waals surface area contributed by atoms with Gasteiger partial charge in [0.15, 0.2) is 0 Å². The van der Waals surface area contributed by atoms with Crippen LogP contribution in [0.25, 0.3) is 6.08 Å². The number of rotatable bonds is 3. The van der Waals surface area contributed by atoms with Crippen LogP contribution in [0.3, 0.4) is 0 Å². The van der Waals surface area contributed by atoms with Gasteiger partial charge >= 0.3 is 5.97 Å². The summed E-state index contributed by atoms with van der Waals surface area (Å²) in [7, 11) is 1.59. The molecule has 1 heterocycles. The molecule has 0 atom stereocenters. The average Bonchev–Trinajstić information content (AvgIpc) is 2.51. The Bertz CT molecular complexity index is 613. The second-order valence-corrected chi connectivity index (χ2v) is 7.36. The van der Waals surface area contributed by atoms with Crippen molar-refractivity contribution in [3.05, 3.63) is 35.9 Å². The molecule has 0 saturated carbocycles. The molecule has 1 aromatic carbocycles. The molecule has 0 amide bonds. The third kappa shape index (κ3) is 7.85. The van der Waals surface area contributed by atoms with Gasteiger partial charge < -0.3 is 20.4 Å². The van der Waals surface area contributed by atoms with Crippen molar-refractivity contribution in [1.29, 1.82) is 0 Å². The van der Waals surface area contributed by atoms with E-state index in [0.29, 0.717) is 0 Å². The number of nitrogens with zero attached hydrogens (tertiary/aromatic N) is 1. The molecule has 0 spiro atoms. The van der Waals surface area contributed by atoms with Crippen LogP contribution in [0.2, 0.25) is 0 Å². The highest BCUT2D eigenvalue weighted by atomic mass is 16.5. The van der Waals surface area contributed by atoms with Gasteiger partial charge in [0.2, 0.25) is 0 Å². The Morgan fingerprint density at radius 1 is 1.16 bits per heavy atom. The number of hydrogen-bond donors (Lipinski definition) is 3. The second kappa shape index (κ2) is 8.67. The molecule has 1 fully saturated rings. The number of hydrogen-bond acceptors (Lipinski definition) is 5. The number of benzene rings is 1. The van der Waals surface area contributed by atoms with Crippen molar-refractivity contribution in [3.63, 3.8) is 0 Å². The standard InChI is InChI=1S/C10H10O3.C9H18N2O/c1-13-9-5-2-8(3-6-9)4-7-10(11)12;1-8(2)5-7(10-12)6-9(3,4)11-8/h2-7H,1H3,(H,11,12);11-12H,5-6H2,1-4H3/b7-4+;. The third-order valence-corrected chi connectivity index (χ3v) is 3.64. The molecule has 3 N–H and O–H groups in total. The van der Waals surface area contributed by atoms with E-state index in [1.165, 1.54) is 6.08 Å². The van der Waals surface area contributed by atoms with Gasteiger partial charge in [0.05, 0.1) is 12.8 Å². The van der Waals surface area contributed by atoms with Gasteiger partial charge in [-0.1, -0.05) is 17.3 Å². The molecule has 0 unspecified atom stereocenters. The van der Waals surface area contributed by atoms with Gasteiger partial charge in [-0.15, -0.1) is 0 Å². The van der Waals surface area contributed by atoms with Crippen molar-refractivity contribution in [1.82, 2.24) is 5.32 Å². The van der Waals surface area contributed by atoms with E-state index < -0.39 is 5.97 Å². The lowest BCUT2D eigenvalue weighted by Gasteiger charge is -2.42. The van der Waals surface area contributed by atoms with Crippen molar-refractivity contribution in [2.45, 2.75) is 51.6 Å². The molecule has 1 saturated heterocycles. The largest absolute Gasteiger partial charge is 0.497 e. The van der Waals surface area contributed by atoms with E-state index in [1.807, 2.05) is 0 Å². The Hall–Kier alpha value is -2.34. The van der Waals surface area contributed by atoms with Crippen LogP contribution in [0, 0.1) is 0 Å². The fraction of sp³-hybridized carbons (Fsp3) is 0.474. The Balaban J connectivity index is 0.000000251. The Kier molecular flexibility index (Phi) is 7.18. The fourth-order valence-electron chi connectivity index (χ4n) is 3.04. The molecule has 0 aromatic heterocycles. The van der Waals surface area contributed by atoms with E-state index in [2.05, 4.69) is 38.2 Å². The number of nitrogens with one attached hydrogen (secondary N) is 1. The molecule has 6 heteroatoms. The van der Waals surface area contributed by atoms with Crippen LogP contribution in [-0.2, 0) is 4.79 Å². The molecule has 2 rings (SSSR count). The number of carboxylic acid groups (broad SMARTS) is 1. The summed E-state index contributed by atoms with van der Waals surface area (Å²) in [5, 5.41) is 23.9. The SMILES string of the molecule is CC1(C)CC(=NO)CC(C)(C)N1.COc1ccc(/C=C/C(=O)O)cc1. The Morgan fingerprint density at radius 2 is 1.68 bits per heavy atom. The molecule has 0 radical (unpaired) electrons. The molecule has 1 aliphatic rings. The number of carbonyl (C=O) groups is 1. The normalized spacial score (nSPS) is 18.2. The minimum Gasteiger partial charge on any atom is -0.497 e. The highest BCUT2D eigenvalue weighted by Gasteiger charge is 2.35. The zero-order chi connectivity index (χ0) is 19.1. The van der Waals surface area contributed by atoms with Gasteiger partial charge in [0, 0.05) is 30.0 Å². The fourth-order valence-corrected chi connectivity index (χ4v) is 3.04. The van der Waals surface area contributed by atoms with Crippen molar-refractivity contribution in [2.75, 3.05) is 7.11 Å². The summed E-state index contributed by atoms with van der Waals surface area (Å²) in [6.45, 7) is 8.50. The summed E-state index contributed by atoms with van der Waals surface area (Å²) >= 11 is 0. The zero-order valence-corrected chi connectivity index (χ0v) is 15.5. The van der Waals surface area contributed by atoms with Crippen LogP contribution in [0.4, 0.5) is 0 Å². The summed E-state index contributed by atoms with van der Waals surface area (Å²) in [6, 6.07) is 7.14. The first-order chi connectivity index (χ1) is 11.6. The van der Waals surface area contributed by atoms with E-state index in [4.69, 9.17) is 15.1 Å². The highest BCUT2D eigenvalue weighted by Crippen LogP contribution is 2.26. The summed E-state index contributed by atoms with van der Waals surface area (Å²) in [4.78, 5) is 10.2. The molecule has 0 aliphatic carbocycles. The van der Waals surface area contributed by atoms with Crippen LogP contribution in [0.1, 0.15) is 46.1 Å². The van der Waals surface area contributed by atoms with Crippen molar-refractivity contribution < 1.29 is 19.8 Å². The summed E-state index contributed by atoms with van der Waals surface area (Å²) < 4.78 is 4.95. The van der Waals surface area contributed by atoms with Crippen LogP contribution in [0.15, 0.2) is 35.5 Å². The maximum Gasteiger partial charge on any atom is 0.328 e. The van der Waals surface area contributed by atoms with Crippen LogP contribution < -0.4 is 10.1 Å². The minimum atomic E-state index is -0.948. The quantitative estimate of drug-likeness (QED) is 0.441. The lowest BCUT2D eigenvalue weighted by Crippen LogP contribution is -2.58. The highest BCUT2D eigenvalue weighted by molar-refractivity contribution is 5.87. The monoisotopic (exact) mass is 348 g/mol. The number of aliphatic carboxylic acids is 1. The third-order valence-electron chi connectivity index (χ3n) is 3.64. The Labute approximate surface area is 149 Å². The molecular weight excluding hydrogens is 320 g/mol. The maximum absolute atomic E-state index is 10.2. The minimum absolute atomic E-state index is 0.0450. The molecule has 0 bridgehead atoms. The molecule has 25 heavy (non-hydrogen) atoms. The van der Waals surface area contributed by atoms with E-state index >= 15 is 0 Å². The zero-order valence-electron chi connectivity index (χ0n) is 15.5. The molecule has 138 valence electrons. The average molecular weight is 348 g/mol. The first-order valence-corrected chi connectivity index (χ1v) is 8.11. The summed E-state index contributed by atoms with van der Waals surface area (Å²) in [6.07, 6.45) is 4.28. The predicted octanol–water partition coefficient (Wildman–Crippen LogP) is 3.55. The van der Waals surface area contributed by atoms with Crippen LogP contribution in [0.5, 0.6) is 5.75 Å². The summed E-state index contributed by atoms with van der Waals surface area (Å²) in [5.74, 6) is -0.191. The van der Waals surface area contributed by atoms with Crippen molar-refractivity contribution in [3.8, 4) is 5.75 Å². The van der Waals surface area contributed by atoms with E-state index in [1.54, 1.807) is 31.4 Å². The number of oxime groups is 1. The number of methoxy groups -OCH3 is 1. The second-order valence-electron chi connectivity index (χ2n) is 7.36. The van der Waals surface area contributed by atoms with Crippen molar-refractivity contribution >= 4 is 17.8 Å². The Morgan fingerprint density at radius 3 is 2.08 bits per heavy atom. The smallest absolute Gasteiger partial charge is 0.328 e. The van der Waals surface area contributed by atoms with Gasteiger partial charge in [-0.25, -0.2) is 4.79 Å². The predicted molar refractivity (Wildman–Crippen MR) is 99.4 cm³/mol. The molecule has 6 nitrogen and oxygen atoms in total. The maximum atomic E-state index is 10.2. The van der Waals surface area contributed by atoms with Gasteiger partial charge in [0.1, 0.15) is 5.75 Å². The van der Waals surface area contributed by atoms with E-state index in [9.17, 15) is 4.79 Å². The van der Waals surface area contributed by atoms with Crippen LogP contribution in [-0.4, -0.2) is 40.2 Å². The van der Waals surface area contributed by atoms with Gasteiger partial charge in [0.25, 0.3) is 0 Å². The van der Waals surface area contributed by atoms with E-state index in [0.717, 1.165) is 35.9 Å². The first-order valence-electron chi connectivity index (χ1n) is 8.11. The van der Waals surface area contributed by atoms with E-state index in [-0.39, 0.29) is 11.1 Å². The molecular formula is C19H28N2O4. The first kappa shape index (κ1) is 20.7. The molecule has 1 aromatic rings. The topological polar surface area (TPSA) is 91.2 Å². The van der Waals surface area contributed by atoms with Gasteiger partial charge in [-0.05, 0) is 51.5 Å². The molecule has 1 aliphatic heterocycles. The number of carboxylic acids is 1. The number of piperidine rings is 1.